The Balaban J connectivity index is 2.50. The number of rotatable bonds is 2. The molecular formula is C11H9ClN4S. The van der Waals surface area contributed by atoms with Crippen molar-refractivity contribution in [1.82, 2.24) is 15.0 Å². The van der Waals surface area contributed by atoms with E-state index in [1.165, 1.54) is 11.3 Å². The highest BCUT2D eigenvalue weighted by molar-refractivity contribution is 7.09. The lowest BCUT2D eigenvalue weighted by Crippen LogP contribution is -2.04. The molecule has 2 rings (SSSR count). The van der Waals surface area contributed by atoms with Crippen LogP contribution in [0.5, 0.6) is 0 Å². The maximum absolute atomic E-state index is 9.27. The summed E-state index contributed by atoms with van der Waals surface area (Å²) < 4.78 is 0. The second-order valence-electron chi connectivity index (χ2n) is 3.60. The van der Waals surface area contributed by atoms with E-state index < -0.39 is 5.92 Å². The Morgan fingerprint density at radius 2 is 2.18 bits per heavy atom. The molecule has 1 unspecified atom stereocenters. The lowest BCUT2D eigenvalue weighted by molar-refractivity contribution is 0.905. The molecule has 4 nitrogen and oxygen atoms in total. The van der Waals surface area contributed by atoms with Gasteiger partial charge in [0, 0.05) is 17.3 Å². The van der Waals surface area contributed by atoms with Crippen LogP contribution >= 0.6 is 22.9 Å². The first kappa shape index (κ1) is 12.0. The third kappa shape index (κ3) is 2.43. The number of aromatic nitrogens is 3. The van der Waals surface area contributed by atoms with E-state index >= 15 is 0 Å². The van der Waals surface area contributed by atoms with Crippen molar-refractivity contribution in [1.29, 1.82) is 5.26 Å². The van der Waals surface area contributed by atoms with Crippen LogP contribution in [0.15, 0.2) is 11.6 Å². The minimum Gasteiger partial charge on any atom is -0.245 e. The van der Waals surface area contributed by atoms with Gasteiger partial charge in [-0.3, -0.25) is 0 Å². The van der Waals surface area contributed by atoms with E-state index in [1.54, 1.807) is 6.20 Å². The smallest absolute Gasteiger partial charge is 0.222 e. The van der Waals surface area contributed by atoms with E-state index in [1.807, 2.05) is 19.2 Å². The molecule has 0 aromatic carbocycles. The Bertz CT molecular complexity index is 587. The summed E-state index contributed by atoms with van der Waals surface area (Å²) in [5.41, 5.74) is 2.37. The summed E-state index contributed by atoms with van der Waals surface area (Å²) in [5.74, 6) is -0.478. The monoisotopic (exact) mass is 264 g/mol. The Kier molecular flexibility index (Phi) is 3.36. The second kappa shape index (κ2) is 4.78. The first-order valence-corrected chi connectivity index (χ1v) is 6.18. The predicted molar refractivity (Wildman–Crippen MR) is 66.1 cm³/mol. The van der Waals surface area contributed by atoms with Crippen molar-refractivity contribution in [3.63, 3.8) is 0 Å². The van der Waals surface area contributed by atoms with Crippen molar-refractivity contribution in [2.24, 2.45) is 0 Å². The van der Waals surface area contributed by atoms with Gasteiger partial charge in [-0.25, -0.2) is 15.0 Å². The minimum absolute atomic E-state index is 0.152. The average Bonchev–Trinajstić information content (AvgIpc) is 2.71. The van der Waals surface area contributed by atoms with Crippen LogP contribution in [0.3, 0.4) is 0 Å². The van der Waals surface area contributed by atoms with Gasteiger partial charge in [0.2, 0.25) is 5.28 Å². The fourth-order valence-electron chi connectivity index (χ4n) is 1.46. The van der Waals surface area contributed by atoms with Gasteiger partial charge in [-0.1, -0.05) is 0 Å². The topological polar surface area (TPSA) is 62.5 Å². The molecule has 0 bridgehead atoms. The summed E-state index contributed by atoms with van der Waals surface area (Å²) in [5, 5.41) is 12.1. The van der Waals surface area contributed by atoms with Gasteiger partial charge in [-0.2, -0.15) is 5.26 Å². The van der Waals surface area contributed by atoms with Crippen LogP contribution in [0.2, 0.25) is 5.28 Å². The van der Waals surface area contributed by atoms with Crippen LogP contribution in [0.25, 0.3) is 0 Å². The van der Waals surface area contributed by atoms with Crippen LogP contribution in [0, 0.1) is 25.2 Å². The molecule has 2 aromatic rings. The zero-order valence-electron chi connectivity index (χ0n) is 9.31. The van der Waals surface area contributed by atoms with Gasteiger partial charge >= 0.3 is 0 Å². The number of aryl methyl sites for hydroxylation is 2. The third-order valence-electron chi connectivity index (χ3n) is 2.27. The molecule has 2 heterocycles. The average molecular weight is 265 g/mol. The van der Waals surface area contributed by atoms with Gasteiger partial charge in [0.05, 0.1) is 11.8 Å². The molecule has 0 aliphatic rings. The Hall–Kier alpha value is -1.51. The summed E-state index contributed by atoms with van der Waals surface area (Å²) in [6, 6.07) is 2.22. The normalized spacial score (nSPS) is 12.1. The zero-order valence-corrected chi connectivity index (χ0v) is 10.9. The molecule has 1 atom stereocenters. The lowest BCUT2D eigenvalue weighted by atomic mass is 10.0. The van der Waals surface area contributed by atoms with E-state index in [9.17, 15) is 5.26 Å². The number of nitrogens with zero attached hydrogens (tertiary/aromatic N) is 4. The summed E-state index contributed by atoms with van der Waals surface area (Å²) in [6.45, 7) is 3.75. The van der Waals surface area contributed by atoms with Crippen molar-refractivity contribution in [2.45, 2.75) is 19.8 Å². The molecule has 0 aliphatic heterocycles. The van der Waals surface area contributed by atoms with Crippen LogP contribution in [-0.2, 0) is 0 Å². The Morgan fingerprint density at radius 1 is 1.41 bits per heavy atom. The number of hydrogen-bond acceptors (Lipinski definition) is 5. The van der Waals surface area contributed by atoms with Crippen molar-refractivity contribution in [2.75, 3.05) is 0 Å². The molecular weight excluding hydrogens is 256 g/mol. The maximum atomic E-state index is 9.27. The Labute approximate surface area is 108 Å². The van der Waals surface area contributed by atoms with Crippen LogP contribution in [0.4, 0.5) is 0 Å². The fraction of sp³-hybridized carbons (Fsp3) is 0.273. The lowest BCUT2D eigenvalue weighted by Gasteiger charge is -2.08. The minimum atomic E-state index is -0.478. The van der Waals surface area contributed by atoms with E-state index in [4.69, 9.17) is 11.6 Å². The van der Waals surface area contributed by atoms with Crippen LogP contribution in [-0.4, -0.2) is 15.0 Å². The summed E-state index contributed by atoms with van der Waals surface area (Å²) >= 11 is 7.22. The van der Waals surface area contributed by atoms with Gasteiger partial charge in [0.15, 0.2) is 0 Å². The van der Waals surface area contributed by atoms with Crippen molar-refractivity contribution >= 4 is 22.9 Å². The molecule has 0 saturated heterocycles. The Morgan fingerprint density at radius 3 is 2.76 bits per heavy atom. The molecule has 0 spiro atoms. The van der Waals surface area contributed by atoms with Crippen molar-refractivity contribution in [3.8, 4) is 6.07 Å². The molecule has 0 aliphatic carbocycles. The van der Waals surface area contributed by atoms with E-state index in [-0.39, 0.29) is 5.28 Å². The highest BCUT2D eigenvalue weighted by Crippen LogP contribution is 2.27. The first-order valence-electron chi connectivity index (χ1n) is 4.92. The van der Waals surface area contributed by atoms with Gasteiger partial charge in [-0.15, -0.1) is 11.3 Å². The van der Waals surface area contributed by atoms with Crippen molar-refractivity contribution < 1.29 is 0 Å². The van der Waals surface area contributed by atoms with Crippen molar-refractivity contribution in [3.05, 3.63) is 38.8 Å². The summed E-state index contributed by atoms with van der Waals surface area (Å²) in [4.78, 5) is 12.3. The van der Waals surface area contributed by atoms with E-state index in [0.717, 1.165) is 16.3 Å². The molecule has 2 aromatic heterocycles. The molecule has 6 heteroatoms. The van der Waals surface area contributed by atoms with Crippen LogP contribution in [0.1, 0.15) is 27.9 Å². The molecule has 0 amide bonds. The van der Waals surface area contributed by atoms with Gasteiger partial charge < -0.3 is 0 Å². The molecule has 17 heavy (non-hydrogen) atoms. The van der Waals surface area contributed by atoms with E-state index in [0.29, 0.717) is 5.69 Å². The van der Waals surface area contributed by atoms with E-state index in [2.05, 4.69) is 21.0 Å². The molecule has 0 radical (unpaired) electrons. The number of thiazole rings is 1. The van der Waals surface area contributed by atoms with Gasteiger partial charge in [0.25, 0.3) is 0 Å². The SMILES string of the molecule is Cc1csc(C(C#N)c2nc(Cl)ncc2C)n1. The quantitative estimate of drug-likeness (QED) is 0.783. The van der Waals surface area contributed by atoms with Gasteiger partial charge in [-0.05, 0) is 31.0 Å². The molecule has 0 saturated carbocycles. The third-order valence-corrected chi connectivity index (χ3v) is 3.48. The molecule has 0 N–H and O–H groups in total. The molecule has 86 valence electrons. The number of hydrogen-bond donors (Lipinski definition) is 0. The maximum Gasteiger partial charge on any atom is 0.222 e. The van der Waals surface area contributed by atoms with Gasteiger partial charge in [0.1, 0.15) is 10.9 Å². The predicted octanol–water partition coefficient (Wildman–Crippen LogP) is 2.86. The largest absolute Gasteiger partial charge is 0.245 e. The second-order valence-corrected chi connectivity index (χ2v) is 4.82. The summed E-state index contributed by atoms with van der Waals surface area (Å²) in [6.07, 6.45) is 1.62. The standard InChI is InChI=1S/C11H9ClN4S/c1-6-4-14-11(12)16-9(6)8(3-13)10-15-7(2)5-17-10/h4-5,8H,1-2H3. The first-order chi connectivity index (χ1) is 8.11. The fourth-order valence-corrected chi connectivity index (χ4v) is 2.44. The summed E-state index contributed by atoms with van der Waals surface area (Å²) in [7, 11) is 0. The van der Waals surface area contributed by atoms with Crippen LogP contribution < -0.4 is 0 Å². The number of nitriles is 1. The zero-order chi connectivity index (χ0) is 12.4. The molecule has 0 fully saturated rings. The highest BCUT2D eigenvalue weighted by Gasteiger charge is 2.21. The highest BCUT2D eigenvalue weighted by atomic mass is 35.5. The number of halogens is 1.